The summed E-state index contributed by atoms with van der Waals surface area (Å²) in [5.74, 6) is 0. The molecule has 1 aliphatic heterocycles. The van der Waals surface area contributed by atoms with Gasteiger partial charge < -0.3 is 16.0 Å². The number of nitrogens with one attached hydrogen (secondary N) is 1. The molecule has 1 aromatic rings. The Bertz CT molecular complexity index is 295. The van der Waals surface area contributed by atoms with Crippen LogP contribution in [0.15, 0.2) is 24.5 Å². The van der Waals surface area contributed by atoms with Crippen LogP contribution < -0.4 is 11.1 Å². The number of hydrogen-bond donors (Lipinski definition) is 2. The average molecular weight is 220 g/mol. The quantitative estimate of drug-likeness (QED) is 0.770. The molecule has 1 saturated heterocycles. The summed E-state index contributed by atoms with van der Waals surface area (Å²) in [5.41, 5.74) is 7.33. The van der Waals surface area contributed by atoms with Crippen molar-refractivity contribution in [2.45, 2.75) is 12.5 Å². The summed E-state index contributed by atoms with van der Waals surface area (Å²) in [5, 5.41) is 3.35. The molecule has 0 spiro atoms. The minimum absolute atomic E-state index is 0.137. The molecule has 4 heteroatoms. The number of nitrogens with two attached hydrogens (primary N) is 1. The minimum Gasteiger partial charge on any atom is -0.324 e. The molecule has 16 heavy (non-hydrogen) atoms. The number of aromatic nitrogens is 1. The van der Waals surface area contributed by atoms with Crippen LogP contribution in [0.4, 0.5) is 0 Å². The predicted octanol–water partition coefficient (Wildman–Crippen LogP) is 0.377. The van der Waals surface area contributed by atoms with Gasteiger partial charge in [0.2, 0.25) is 0 Å². The first-order valence-corrected chi connectivity index (χ1v) is 5.95. The lowest BCUT2D eigenvalue weighted by Gasteiger charge is -2.28. The van der Waals surface area contributed by atoms with Gasteiger partial charge in [-0.2, -0.15) is 0 Å². The minimum atomic E-state index is 0.137. The van der Waals surface area contributed by atoms with E-state index in [9.17, 15) is 0 Å². The molecule has 1 aromatic heterocycles. The zero-order chi connectivity index (χ0) is 11.2. The van der Waals surface area contributed by atoms with Crippen LogP contribution in [0, 0.1) is 0 Å². The third kappa shape index (κ3) is 3.27. The molecule has 0 saturated carbocycles. The van der Waals surface area contributed by atoms with E-state index in [2.05, 4.69) is 15.2 Å². The molecule has 1 aliphatic rings. The standard InChI is InChI=1S/C12H20N4/c13-12(11-1-4-14-5-2-11)3-8-16-9-6-15-7-10-16/h1-2,4-5,12,15H,3,6-10,13H2. The molecule has 0 aliphatic carbocycles. The van der Waals surface area contributed by atoms with Crippen molar-refractivity contribution in [2.24, 2.45) is 5.73 Å². The predicted molar refractivity (Wildman–Crippen MR) is 65.1 cm³/mol. The van der Waals surface area contributed by atoms with E-state index < -0.39 is 0 Å². The van der Waals surface area contributed by atoms with E-state index in [4.69, 9.17) is 5.73 Å². The smallest absolute Gasteiger partial charge is 0.0308 e. The Morgan fingerprint density at radius 1 is 1.31 bits per heavy atom. The van der Waals surface area contributed by atoms with Gasteiger partial charge in [-0.1, -0.05) is 0 Å². The van der Waals surface area contributed by atoms with Gasteiger partial charge in [-0.3, -0.25) is 4.98 Å². The summed E-state index contributed by atoms with van der Waals surface area (Å²) >= 11 is 0. The number of nitrogens with zero attached hydrogens (tertiary/aromatic N) is 2. The van der Waals surface area contributed by atoms with Gasteiger partial charge in [-0.05, 0) is 24.1 Å². The van der Waals surface area contributed by atoms with Crippen LogP contribution in [0.25, 0.3) is 0 Å². The van der Waals surface area contributed by atoms with E-state index in [1.165, 1.54) is 5.56 Å². The maximum absolute atomic E-state index is 6.14. The molecule has 3 N–H and O–H groups in total. The molecular weight excluding hydrogens is 200 g/mol. The van der Waals surface area contributed by atoms with Crippen LogP contribution in [0.5, 0.6) is 0 Å². The van der Waals surface area contributed by atoms with Gasteiger partial charge in [-0.15, -0.1) is 0 Å². The monoisotopic (exact) mass is 220 g/mol. The molecule has 1 unspecified atom stereocenters. The summed E-state index contributed by atoms with van der Waals surface area (Å²) in [4.78, 5) is 6.47. The summed E-state index contributed by atoms with van der Waals surface area (Å²) in [7, 11) is 0. The number of piperazine rings is 1. The van der Waals surface area contributed by atoms with E-state index in [0.717, 1.165) is 39.1 Å². The first-order valence-electron chi connectivity index (χ1n) is 5.95. The van der Waals surface area contributed by atoms with Crippen LogP contribution in [0.3, 0.4) is 0 Å². The fourth-order valence-corrected chi connectivity index (χ4v) is 2.03. The average Bonchev–Trinajstić information content (AvgIpc) is 2.38. The van der Waals surface area contributed by atoms with Gasteiger partial charge in [0.15, 0.2) is 0 Å². The van der Waals surface area contributed by atoms with Crippen LogP contribution >= 0.6 is 0 Å². The number of rotatable bonds is 4. The molecule has 88 valence electrons. The third-order valence-electron chi connectivity index (χ3n) is 3.10. The maximum Gasteiger partial charge on any atom is 0.0308 e. The summed E-state index contributed by atoms with van der Waals surface area (Å²) in [6, 6.07) is 4.14. The third-order valence-corrected chi connectivity index (χ3v) is 3.10. The van der Waals surface area contributed by atoms with Gasteiger partial charge in [0.25, 0.3) is 0 Å². The van der Waals surface area contributed by atoms with Gasteiger partial charge in [0.05, 0.1) is 0 Å². The van der Waals surface area contributed by atoms with Crippen molar-refractivity contribution < 1.29 is 0 Å². The molecule has 0 bridgehead atoms. The highest BCUT2D eigenvalue weighted by molar-refractivity contribution is 5.14. The molecule has 0 aromatic carbocycles. The normalized spacial score (nSPS) is 19.6. The van der Waals surface area contributed by atoms with Crippen LogP contribution in [0.2, 0.25) is 0 Å². The van der Waals surface area contributed by atoms with Crippen molar-refractivity contribution in [2.75, 3.05) is 32.7 Å². The molecule has 0 amide bonds. The van der Waals surface area contributed by atoms with E-state index in [0.29, 0.717) is 0 Å². The van der Waals surface area contributed by atoms with Crippen molar-refractivity contribution in [1.82, 2.24) is 15.2 Å². The summed E-state index contributed by atoms with van der Waals surface area (Å²) in [6.07, 6.45) is 4.63. The highest BCUT2D eigenvalue weighted by Crippen LogP contribution is 2.13. The fraction of sp³-hybridized carbons (Fsp3) is 0.583. The molecule has 1 fully saturated rings. The number of pyridine rings is 1. The lowest BCUT2D eigenvalue weighted by Crippen LogP contribution is -2.44. The highest BCUT2D eigenvalue weighted by Gasteiger charge is 2.11. The lowest BCUT2D eigenvalue weighted by molar-refractivity contribution is 0.233. The second kappa shape index (κ2) is 5.94. The highest BCUT2D eigenvalue weighted by atomic mass is 15.2. The van der Waals surface area contributed by atoms with Crippen LogP contribution in [-0.4, -0.2) is 42.6 Å². The first kappa shape index (κ1) is 11.5. The Hall–Kier alpha value is -0.970. The van der Waals surface area contributed by atoms with Gasteiger partial charge in [0, 0.05) is 51.2 Å². The second-order valence-corrected chi connectivity index (χ2v) is 4.27. The summed E-state index contributed by atoms with van der Waals surface area (Å²) < 4.78 is 0. The van der Waals surface area contributed by atoms with Gasteiger partial charge >= 0.3 is 0 Å². The van der Waals surface area contributed by atoms with E-state index in [1.54, 1.807) is 12.4 Å². The first-order chi connectivity index (χ1) is 7.86. The van der Waals surface area contributed by atoms with Gasteiger partial charge in [-0.25, -0.2) is 0 Å². The Kier molecular flexibility index (Phi) is 4.27. The van der Waals surface area contributed by atoms with Crippen molar-refractivity contribution >= 4 is 0 Å². The van der Waals surface area contributed by atoms with Gasteiger partial charge in [0.1, 0.15) is 0 Å². The van der Waals surface area contributed by atoms with Crippen LogP contribution in [-0.2, 0) is 0 Å². The fourth-order valence-electron chi connectivity index (χ4n) is 2.03. The lowest BCUT2D eigenvalue weighted by atomic mass is 10.1. The van der Waals surface area contributed by atoms with Crippen molar-refractivity contribution in [3.8, 4) is 0 Å². The zero-order valence-electron chi connectivity index (χ0n) is 9.60. The zero-order valence-corrected chi connectivity index (χ0v) is 9.60. The maximum atomic E-state index is 6.14. The van der Waals surface area contributed by atoms with Crippen molar-refractivity contribution in [1.29, 1.82) is 0 Å². The Balaban J connectivity index is 1.77. The molecule has 1 atom stereocenters. The van der Waals surface area contributed by atoms with Crippen molar-refractivity contribution in [3.05, 3.63) is 30.1 Å². The van der Waals surface area contributed by atoms with Crippen LogP contribution in [0.1, 0.15) is 18.0 Å². The Morgan fingerprint density at radius 3 is 2.69 bits per heavy atom. The molecule has 0 radical (unpaired) electrons. The number of hydrogen-bond acceptors (Lipinski definition) is 4. The topological polar surface area (TPSA) is 54.2 Å². The largest absolute Gasteiger partial charge is 0.324 e. The molecule has 4 nitrogen and oxygen atoms in total. The molecular formula is C12H20N4. The SMILES string of the molecule is NC(CCN1CCNCC1)c1ccncc1. The second-order valence-electron chi connectivity index (χ2n) is 4.27. The molecule has 2 rings (SSSR count). The summed E-state index contributed by atoms with van der Waals surface area (Å²) in [6.45, 7) is 5.58. The Labute approximate surface area is 96.8 Å². The van der Waals surface area contributed by atoms with E-state index in [-0.39, 0.29) is 6.04 Å². The van der Waals surface area contributed by atoms with Crippen molar-refractivity contribution in [3.63, 3.8) is 0 Å². The van der Waals surface area contributed by atoms with E-state index >= 15 is 0 Å². The Morgan fingerprint density at radius 2 is 2.00 bits per heavy atom. The van der Waals surface area contributed by atoms with E-state index in [1.807, 2.05) is 12.1 Å². The molecule has 2 heterocycles.